The predicted octanol–water partition coefficient (Wildman–Crippen LogP) is 3.16. The molecule has 0 heterocycles. The summed E-state index contributed by atoms with van der Waals surface area (Å²) in [5.74, 6) is 0. The molecule has 4 heteroatoms. The van der Waals surface area contributed by atoms with Crippen LogP contribution in [0.4, 0.5) is 5.69 Å². The van der Waals surface area contributed by atoms with Crippen LogP contribution in [0.1, 0.15) is 13.8 Å². The monoisotopic (exact) mass is 211 g/mol. The first-order valence-electron chi connectivity index (χ1n) is 4.51. The fourth-order valence-corrected chi connectivity index (χ4v) is 0.897. The maximum Gasteiger partial charge on any atom is 0.0853 e. The van der Waals surface area contributed by atoms with Crippen molar-refractivity contribution in [1.82, 2.24) is 0 Å². The van der Waals surface area contributed by atoms with Crippen LogP contribution in [-0.4, -0.2) is 12.1 Å². The smallest absolute Gasteiger partial charge is 0.0853 e. The van der Waals surface area contributed by atoms with Crippen molar-refractivity contribution in [2.24, 2.45) is 16.0 Å². The lowest BCUT2D eigenvalue weighted by atomic mass is 10.2. The Balaban J connectivity index is 2.64. The number of hydrogen-bond donors (Lipinski definition) is 1. The molecule has 3 nitrogen and oxygen atoms in total. The van der Waals surface area contributed by atoms with Crippen LogP contribution < -0.4 is 5.73 Å². The first-order chi connectivity index (χ1) is 6.59. The average Bonchev–Trinajstić information content (AvgIpc) is 2.16. The first kappa shape index (κ1) is 11.1. The molecule has 2 N–H and O–H groups in total. The molecule has 0 bridgehead atoms. The molecule has 1 aromatic rings. The Bertz CT molecular complexity index is 306. The van der Waals surface area contributed by atoms with Gasteiger partial charge in [-0.15, -0.1) is 0 Å². The van der Waals surface area contributed by atoms with Crippen LogP contribution in [0, 0.1) is 0 Å². The van der Waals surface area contributed by atoms with E-state index in [9.17, 15) is 0 Å². The van der Waals surface area contributed by atoms with Crippen molar-refractivity contribution in [3.63, 3.8) is 0 Å². The predicted molar refractivity (Wildman–Crippen MR) is 59.1 cm³/mol. The molecule has 0 spiro atoms. The van der Waals surface area contributed by atoms with E-state index in [0.29, 0.717) is 5.02 Å². The second-order valence-electron chi connectivity index (χ2n) is 3.29. The van der Waals surface area contributed by atoms with Gasteiger partial charge in [0.15, 0.2) is 0 Å². The van der Waals surface area contributed by atoms with Gasteiger partial charge in [-0.25, -0.2) is 0 Å². The molecule has 0 radical (unpaired) electrons. The Kier molecular flexibility index (Phi) is 4.04. The van der Waals surface area contributed by atoms with Gasteiger partial charge in [-0.3, -0.25) is 0 Å². The molecule has 14 heavy (non-hydrogen) atoms. The number of rotatable bonds is 3. The molecule has 0 aliphatic heterocycles. The van der Waals surface area contributed by atoms with E-state index in [1.54, 1.807) is 12.1 Å². The van der Waals surface area contributed by atoms with Crippen molar-refractivity contribution in [3.8, 4) is 0 Å². The number of azo groups is 1. The molecule has 0 fully saturated rings. The van der Waals surface area contributed by atoms with Gasteiger partial charge >= 0.3 is 0 Å². The topological polar surface area (TPSA) is 50.7 Å². The summed E-state index contributed by atoms with van der Waals surface area (Å²) in [6.45, 7) is 3.84. The van der Waals surface area contributed by atoms with Crippen molar-refractivity contribution in [2.45, 2.75) is 25.9 Å². The Labute approximate surface area is 89.0 Å². The molecule has 0 aliphatic carbocycles. The van der Waals surface area contributed by atoms with Crippen LogP contribution in [0.15, 0.2) is 34.5 Å². The Morgan fingerprint density at radius 2 is 1.79 bits per heavy atom. The third-order valence-corrected chi connectivity index (χ3v) is 2.19. The van der Waals surface area contributed by atoms with Gasteiger partial charge in [0.1, 0.15) is 0 Å². The largest absolute Gasteiger partial charge is 0.326 e. The quantitative estimate of drug-likeness (QED) is 0.768. The Hall–Kier alpha value is -0.930. The molecule has 0 saturated heterocycles. The maximum absolute atomic E-state index is 5.73. The molecule has 76 valence electrons. The Morgan fingerprint density at radius 1 is 1.21 bits per heavy atom. The minimum Gasteiger partial charge on any atom is -0.326 e. The summed E-state index contributed by atoms with van der Waals surface area (Å²) in [7, 11) is 0. The summed E-state index contributed by atoms with van der Waals surface area (Å²) in [5.41, 5.74) is 6.44. The third kappa shape index (κ3) is 3.44. The van der Waals surface area contributed by atoms with E-state index in [1.807, 2.05) is 26.0 Å². The van der Waals surface area contributed by atoms with Gasteiger partial charge < -0.3 is 5.73 Å². The van der Waals surface area contributed by atoms with E-state index >= 15 is 0 Å². The molecule has 0 aliphatic rings. The van der Waals surface area contributed by atoms with Crippen LogP contribution in [0.5, 0.6) is 0 Å². The maximum atomic E-state index is 5.73. The molecule has 1 rings (SSSR count). The highest BCUT2D eigenvalue weighted by atomic mass is 35.5. The van der Waals surface area contributed by atoms with Crippen LogP contribution in [0.3, 0.4) is 0 Å². The van der Waals surface area contributed by atoms with Crippen LogP contribution in [-0.2, 0) is 0 Å². The highest BCUT2D eigenvalue weighted by Gasteiger charge is 2.04. The van der Waals surface area contributed by atoms with E-state index < -0.39 is 0 Å². The molecule has 1 aromatic carbocycles. The lowest BCUT2D eigenvalue weighted by Crippen LogP contribution is -2.26. The molecule has 1 unspecified atom stereocenters. The molecule has 0 saturated carbocycles. The van der Waals surface area contributed by atoms with E-state index in [1.165, 1.54) is 0 Å². The van der Waals surface area contributed by atoms with Crippen molar-refractivity contribution < 1.29 is 0 Å². The summed E-state index contributed by atoms with van der Waals surface area (Å²) in [4.78, 5) is 0. The summed E-state index contributed by atoms with van der Waals surface area (Å²) in [6, 6.07) is 7.26. The minimum atomic E-state index is 0.0195. The molecule has 0 aromatic heterocycles. The summed E-state index contributed by atoms with van der Waals surface area (Å²) in [6.07, 6.45) is 0. The first-order valence-corrected chi connectivity index (χ1v) is 4.89. The average molecular weight is 212 g/mol. The van der Waals surface area contributed by atoms with Crippen molar-refractivity contribution in [1.29, 1.82) is 0 Å². The summed E-state index contributed by atoms with van der Waals surface area (Å²) < 4.78 is 0. The van der Waals surface area contributed by atoms with Crippen LogP contribution >= 0.6 is 11.6 Å². The fourth-order valence-electron chi connectivity index (χ4n) is 0.771. The zero-order valence-corrected chi connectivity index (χ0v) is 9.07. The normalized spacial score (nSPS) is 15.7. The Morgan fingerprint density at radius 3 is 2.29 bits per heavy atom. The standard InChI is InChI=1S/C10H14ClN3/c1-7(12)8(2)13-14-10-5-3-9(11)4-6-10/h3-8H,12H2,1-2H3/b14-13+/t7?,8-/m0/s1. The molecular weight excluding hydrogens is 198 g/mol. The number of halogens is 1. The lowest BCUT2D eigenvalue weighted by molar-refractivity contribution is 0.583. The highest BCUT2D eigenvalue weighted by Crippen LogP contribution is 2.17. The summed E-state index contributed by atoms with van der Waals surface area (Å²) >= 11 is 5.73. The highest BCUT2D eigenvalue weighted by molar-refractivity contribution is 6.30. The van der Waals surface area contributed by atoms with Gasteiger partial charge in [-0.2, -0.15) is 10.2 Å². The second kappa shape index (κ2) is 5.08. The number of nitrogens with two attached hydrogens (primary N) is 1. The number of benzene rings is 1. The van der Waals surface area contributed by atoms with E-state index in [-0.39, 0.29) is 12.1 Å². The third-order valence-electron chi connectivity index (χ3n) is 1.94. The van der Waals surface area contributed by atoms with Gasteiger partial charge in [-0.1, -0.05) is 11.6 Å². The minimum absolute atomic E-state index is 0.0195. The van der Waals surface area contributed by atoms with Gasteiger partial charge in [0, 0.05) is 11.1 Å². The fraction of sp³-hybridized carbons (Fsp3) is 0.400. The summed E-state index contributed by atoms with van der Waals surface area (Å²) in [5, 5.41) is 8.83. The van der Waals surface area contributed by atoms with Gasteiger partial charge in [0.25, 0.3) is 0 Å². The molecule has 0 amide bonds. The van der Waals surface area contributed by atoms with E-state index in [4.69, 9.17) is 17.3 Å². The van der Waals surface area contributed by atoms with Crippen molar-refractivity contribution in [3.05, 3.63) is 29.3 Å². The zero-order valence-electron chi connectivity index (χ0n) is 8.31. The zero-order chi connectivity index (χ0) is 10.6. The van der Waals surface area contributed by atoms with Crippen LogP contribution in [0.25, 0.3) is 0 Å². The number of hydrogen-bond acceptors (Lipinski definition) is 3. The van der Waals surface area contributed by atoms with Gasteiger partial charge in [0.05, 0.1) is 11.7 Å². The van der Waals surface area contributed by atoms with E-state index in [0.717, 1.165) is 5.69 Å². The van der Waals surface area contributed by atoms with Gasteiger partial charge in [-0.05, 0) is 38.1 Å². The SMILES string of the molecule is CC(N)[C@H](C)/N=N/c1ccc(Cl)cc1. The number of nitrogens with zero attached hydrogens (tertiary/aromatic N) is 2. The van der Waals surface area contributed by atoms with Crippen molar-refractivity contribution >= 4 is 17.3 Å². The van der Waals surface area contributed by atoms with Gasteiger partial charge in [0.2, 0.25) is 0 Å². The second-order valence-corrected chi connectivity index (χ2v) is 3.73. The van der Waals surface area contributed by atoms with Crippen molar-refractivity contribution in [2.75, 3.05) is 0 Å². The van der Waals surface area contributed by atoms with E-state index in [2.05, 4.69) is 10.2 Å². The lowest BCUT2D eigenvalue weighted by Gasteiger charge is -2.07. The molecular formula is C10H14ClN3. The molecule has 2 atom stereocenters. The van der Waals surface area contributed by atoms with Crippen LogP contribution in [0.2, 0.25) is 5.02 Å².